The molecule has 2 aliphatic rings. The lowest BCUT2D eigenvalue weighted by molar-refractivity contribution is -0.136. The van der Waals surface area contributed by atoms with E-state index in [0.29, 0.717) is 37.6 Å². The lowest BCUT2D eigenvalue weighted by Gasteiger charge is -2.36. The number of hydrogen-bond donors (Lipinski definition) is 0. The van der Waals surface area contributed by atoms with Crippen molar-refractivity contribution in [1.29, 1.82) is 0 Å². The number of aromatic nitrogens is 1. The number of methoxy groups -OCH3 is 1. The molecule has 3 rings (SSSR count). The maximum absolute atomic E-state index is 12.5. The normalized spacial score (nSPS) is 19.0. The second-order valence-corrected chi connectivity index (χ2v) is 6.19. The molecule has 1 aromatic heterocycles. The minimum atomic E-state index is -0.0341. The Kier molecular flexibility index (Phi) is 4.79. The summed E-state index contributed by atoms with van der Waals surface area (Å²) in [5.41, 5.74) is 0.557. The van der Waals surface area contributed by atoms with Crippen molar-refractivity contribution in [3.63, 3.8) is 0 Å². The lowest BCUT2D eigenvalue weighted by Crippen LogP contribution is -2.51. The molecule has 1 aromatic rings. The van der Waals surface area contributed by atoms with Crippen molar-refractivity contribution in [3.8, 4) is 5.88 Å². The molecule has 2 amide bonds. The van der Waals surface area contributed by atoms with Crippen molar-refractivity contribution in [3.05, 3.63) is 23.9 Å². The molecule has 6 heteroatoms. The Balaban J connectivity index is 1.55. The summed E-state index contributed by atoms with van der Waals surface area (Å²) < 4.78 is 5.00. The van der Waals surface area contributed by atoms with Gasteiger partial charge in [0.25, 0.3) is 5.91 Å². The topological polar surface area (TPSA) is 62.7 Å². The van der Waals surface area contributed by atoms with Crippen molar-refractivity contribution in [1.82, 2.24) is 14.8 Å². The predicted octanol–water partition coefficient (Wildman–Crippen LogP) is 1.56. The summed E-state index contributed by atoms with van der Waals surface area (Å²) in [6, 6.07) is 3.41. The standard InChI is InChI=1S/C17H23N3O3/c1-23-15-7-6-14(12-18-15)17(22)20-10-8-19(9-11-20)16(21)13-4-2-3-5-13/h6-7,12-13H,2-5,8-11H2,1H3. The highest BCUT2D eigenvalue weighted by Crippen LogP contribution is 2.27. The first kappa shape index (κ1) is 15.8. The van der Waals surface area contributed by atoms with E-state index in [9.17, 15) is 9.59 Å². The van der Waals surface area contributed by atoms with E-state index in [1.807, 2.05) is 4.90 Å². The van der Waals surface area contributed by atoms with Crippen LogP contribution in [0.3, 0.4) is 0 Å². The van der Waals surface area contributed by atoms with Crippen molar-refractivity contribution in [2.45, 2.75) is 25.7 Å². The predicted molar refractivity (Wildman–Crippen MR) is 85.2 cm³/mol. The van der Waals surface area contributed by atoms with Gasteiger partial charge >= 0.3 is 0 Å². The number of rotatable bonds is 3. The Morgan fingerprint density at radius 1 is 1.09 bits per heavy atom. The van der Waals surface area contributed by atoms with Crippen LogP contribution in [-0.4, -0.2) is 59.9 Å². The van der Waals surface area contributed by atoms with E-state index in [0.717, 1.165) is 12.8 Å². The molecule has 6 nitrogen and oxygen atoms in total. The van der Waals surface area contributed by atoms with E-state index < -0.39 is 0 Å². The molecule has 0 N–H and O–H groups in total. The van der Waals surface area contributed by atoms with Gasteiger partial charge in [-0.05, 0) is 18.9 Å². The molecule has 0 bridgehead atoms. The van der Waals surface area contributed by atoms with Crippen LogP contribution in [0.2, 0.25) is 0 Å². The first-order valence-electron chi connectivity index (χ1n) is 8.27. The van der Waals surface area contributed by atoms with Gasteiger partial charge in [-0.3, -0.25) is 9.59 Å². The molecule has 2 heterocycles. The van der Waals surface area contributed by atoms with Gasteiger partial charge < -0.3 is 14.5 Å². The molecule has 23 heavy (non-hydrogen) atoms. The highest BCUT2D eigenvalue weighted by molar-refractivity contribution is 5.94. The van der Waals surface area contributed by atoms with Crippen LogP contribution in [0, 0.1) is 5.92 Å². The Morgan fingerprint density at radius 2 is 1.74 bits per heavy atom. The average Bonchev–Trinajstić information content (AvgIpc) is 3.15. The molecule has 0 spiro atoms. The maximum Gasteiger partial charge on any atom is 0.255 e. The molecule has 1 aliphatic heterocycles. The van der Waals surface area contributed by atoms with Gasteiger partial charge in [-0.1, -0.05) is 12.8 Å². The van der Waals surface area contributed by atoms with Crippen LogP contribution in [0.1, 0.15) is 36.0 Å². The number of carbonyl (C=O) groups is 2. The summed E-state index contributed by atoms with van der Waals surface area (Å²) in [4.78, 5) is 32.7. The number of carbonyl (C=O) groups excluding carboxylic acids is 2. The van der Waals surface area contributed by atoms with Gasteiger partial charge in [0.15, 0.2) is 0 Å². The smallest absolute Gasteiger partial charge is 0.255 e. The Hall–Kier alpha value is -2.11. The molecular formula is C17H23N3O3. The molecular weight excluding hydrogens is 294 g/mol. The fourth-order valence-electron chi connectivity index (χ4n) is 3.37. The van der Waals surface area contributed by atoms with Crippen LogP contribution in [0.5, 0.6) is 5.88 Å². The average molecular weight is 317 g/mol. The van der Waals surface area contributed by atoms with E-state index in [2.05, 4.69) is 4.98 Å². The molecule has 0 aromatic carbocycles. The van der Waals surface area contributed by atoms with Crippen LogP contribution in [0.15, 0.2) is 18.3 Å². The van der Waals surface area contributed by atoms with Crippen LogP contribution >= 0.6 is 0 Å². The molecule has 1 saturated heterocycles. The zero-order chi connectivity index (χ0) is 16.2. The van der Waals surface area contributed by atoms with Gasteiger partial charge in [0.05, 0.1) is 12.7 Å². The van der Waals surface area contributed by atoms with Gasteiger partial charge in [0, 0.05) is 44.4 Å². The zero-order valence-electron chi connectivity index (χ0n) is 13.5. The first-order valence-corrected chi connectivity index (χ1v) is 8.27. The third-order valence-corrected chi connectivity index (χ3v) is 4.78. The van der Waals surface area contributed by atoms with Crippen molar-refractivity contribution < 1.29 is 14.3 Å². The van der Waals surface area contributed by atoms with E-state index in [1.165, 1.54) is 19.0 Å². The fraction of sp³-hybridized carbons (Fsp3) is 0.588. The van der Waals surface area contributed by atoms with Gasteiger partial charge in [-0.25, -0.2) is 4.98 Å². The number of hydrogen-bond acceptors (Lipinski definition) is 4. The third-order valence-electron chi connectivity index (χ3n) is 4.78. The van der Waals surface area contributed by atoms with E-state index in [4.69, 9.17) is 4.74 Å². The number of ether oxygens (including phenoxy) is 1. The summed E-state index contributed by atoms with van der Waals surface area (Å²) in [6.45, 7) is 2.43. The molecule has 2 fully saturated rings. The van der Waals surface area contributed by atoms with Gasteiger partial charge in [0.2, 0.25) is 11.8 Å². The van der Waals surface area contributed by atoms with E-state index >= 15 is 0 Å². The molecule has 0 radical (unpaired) electrons. The molecule has 1 aliphatic carbocycles. The molecule has 124 valence electrons. The van der Waals surface area contributed by atoms with E-state index in [-0.39, 0.29) is 17.7 Å². The highest BCUT2D eigenvalue weighted by Gasteiger charge is 2.30. The van der Waals surface area contributed by atoms with Crippen molar-refractivity contribution >= 4 is 11.8 Å². The minimum Gasteiger partial charge on any atom is -0.481 e. The SMILES string of the molecule is COc1ccc(C(=O)N2CCN(C(=O)C3CCCC3)CC2)cn1. The third kappa shape index (κ3) is 3.46. The Labute approximate surface area is 136 Å². The summed E-state index contributed by atoms with van der Waals surface area (Å²) in [7, 11) is 1.55. The second kappa shape index (κ2) is 6.98. The van der Waals surface area contributed by atoms with Gasteiger partial charge in [0.1, 0.15) is 0 Å². The lowest BCUT2D eigenvalue weighted by atomic mass is 10.1. The molecule has 0 unspecified atom stereocenters. The van der Waals surface area contributed by atoms with Crippen molar-refractivity contribution in [2.24, 2.45) is 5.92 Å². The quantitative estimate of drug-likeness (QED) is 0.849. The van der Waals surface area contributed by atoms with Crippen LogP contribution in [-0.2, 0) is 4.79 Å². The van der Waals surface area contributed by atoms with Gasteiger partial charge in [-0.2, -0.15) is 0 Å². The van der Waals surface area contributed by atoms with Crippen LogP contribution in [0.25, 0.3) is 0 Å². The number of pyridine rings is 1. The fourth-order valence-corrected chi connectivity index (χ4v) is 3.37. The summed E-state index contributed by atoms with van der Waals surface area (Å²) in [5, 5.41) is 0. The summed E-state index contributed by atoms with van der Waals surface area (Å²) in [5.74, 6) is 0.949. The number of nitrogens with zero attached hydrogens (tertiary/aromatic N) is 3. The molecule has 0 atom stereocenters. The van der Waals surface area contributed by atoms with Crippen LogP contribution < -0.4 is 4.74 Å². The summed E-state index contributed by atoms with van der Waals surface area (Å²) in [6.07, 6.45) is 5.92. The minimum absolute atomic E-state index is 0.0341. The van der Waals surface area contributed by atoms with E-state index in [1.54, 1.807) is 24.1 Å². The second-order valence-electron chi connectivity index (χ2n) is 6.19. The Morgan fingerprint density at radius 3 is 2.30 bits per heavy atom. The first-order chi connectivity index (χ1) is 11.2. The van der Waals surface area contributed by atoms with Crippen molar-refractivity contribution in [2.75, 3.05) is 33.3 Å². The van der Waals surface area contributed by atoms with Crippen LogP contribution in [0.4, 0.5) is 0 Å². The summed E-state index contributed by atoms with van der Waals surface area (Å²) >= 11 is 0. The highest BCUT2D eigenvalue weighted by atomic mass is 16.5. The monoisotopic (exact) mass is 317 g/mol. The largest absolute Gasteiger partial charge is 0.481 e. The Bertz CT molecular complexity index is 559. The van der Waals surface area contributed by atoms with Gasteiger partial charge in [-0.15, -0.1) is 0 Å². The number of amides is 2. The maximum atomic E-state index is 12.5. The number of piperazine rings is 1. The zero-order valence-corrected chi connectivity index (χ0v) is 13.5. The molecule has 1 saturated carbocycles.